The zero-order valence-electron chi connectivity index (χ0n) is 24.4. The molecule has 1 aromatic rings. The molecule has 0 saturated carbocycles. The predicted molar refractivity (Wildman–Crippen MR) is 165 cm³/mol. The van der Waals surface area contributed by atoms with E-state index in [4.69, 9.17) is 23.1 Å². The fourth-order valence-corrected chi connectivity index (χ4v) is 4.07. The van der Waals surface area contributed by atoms with E-state index in [0.717, 1.165) is 24.0 Å². The quantitative estimate of drug-likeness (QED) is 0.294. The highest BCUT2D eigenvalue weighted by atomic mass is 35.5. The maximum Gasteiger partial charge on any atom is 0.159 e. The first-order valence-corrected chi connectivity index (χ1v) is 13.8. The van der Waals surface area contributed by atoms with Gasteiger partial charge in [-0.25, -0.2) is 0 Å². The van der Waals surface area contributed by atoms with Crippen LogP contribution in [-0.4, -0.2) is 54.6 Å². The normalized spacial score (nSPS) is 19.0. The number of hydrogen-bond acceptors (Lipinski definition) is 6. The molecular weight excluding hydrogens is 496 g/mol. The Bertz CT molecular complexity index is 982. The molecule has 0 radical (unpaired) electrons. The minimum Gasteiger partial charge on any atom is -0.358 e. The van der Waals surface area contributed by atoms with Crippen LogP contribution in [0.5, 0.6) is 0 Å². The third-order valence-corrected chi connectivity index (χ3v) is 6.34. The number of halogens is 1. The van der Waals surface area contributed by atoms with Crippen molar-refractivity contribution in [2.45, 2.75) is 78.3 Å². The monoisotopic (exact) mass is 544 g/mol. The van der Waals surface area contributed by atoms with Gasteiger partial charge in [0, 0.05) is 34.6 Å². The fourth-order valence-electron chi connectivity index (χ4n) is 3.79. The minimum absolute atomic E-state index is 0.0318. The van der Waals surface area contributed by atoms with Crippen molar-refractivity contribution in [3.05, 3.63) is 77.1 Å². The zero-order valence-corrected chi connectivity index (χ0v) is 25.1. The lowest BCUT2D eigenvalue weighted by Crippen LogP contribution is -2.27. The number of rotatable bonds is 7. The summed E-state index contributed by atoms with van der Waals surface area (Å²) in [5.74, 6) is -0.0533. The fraction of sp³-hybridized carbons (Fsp3) is 0.484. The average molecular weight is 545 g/mol. The first-order chi connectivity index (χ1) is 18.0. The van der Waals surface area contributed by atoms with Crippen LogP contribution < -0.4 is 16.8 Å². The summed E-state index contributed by atoms with van der Waals surface area (Å²) in [6.07, 6.45) is 11.0. The summed E-state index contributed by atoms with van der Waals surface area (Å²) >= 11 is 5.83. The zero-order chi connectivity index (χ0) is 29.3. The Kier molecular flexibility index (Phi) is 18.3. The van der Waals surface area contributed by atoms with E-state index in [9.17, 15) is 9.59 Å². The Balaban J connectivity index is 0.000000533. The molecule has 7 heteroatoms. The summed E-state index contributed by atoms with van der Waals surface area (Å²) in [7, 11) is 2.19. The number of carbonyl (C=O) groups is 2. The highest BCUT2D eigenvalue weighted by molar-refractivity contribution is 6.24. The van der Waals surface area contributed by atoms with Gasteiger partial charge in [-0.1, -0.05) is 62.4 Å². The van der Waals surface area contributed by atoms with Gasteiger partial charge in [0.15, 0.2) is 5.78 Å². The van der Waals surface area contributed by atoms with Crippen LogP contribution in [0.1, 0.15) is 58.1 Å². The molecule has 2 aliphatic rings. The number of alkyl halides is 1. The molecule has 1 aromatic carbocycles. The number of ketones is 1. The summed E-state index contributed by atoms with van der Waals surface area (Å²) in [5, 5.41) is 2.82. The Hall–Kier alpha value is -2.51. The SMILES string of the molecule is C=C(Nc1ccc(C)cc1C)C(C)N.CC.CC(=O)C1=CC(Cl)C=C(C=O)C=C1.CN1CCC[C@@H]1CCN. The Labute approximate surface area is 235 Å². The molecule has 1 fully saturated rings. The van der Waals surface area contributed by atoms with Crippen LogP contribution in [0.15, 0.2) is 65.9 Å². The molecule has 2 unspecified atom stereocenters. The number of hydrogen-bond donors (Lipinski definition) is 3. The van der Waals surface area contributed by atoms with Crippen molar-refractivity contribution >= 4 is 29.4 Å². The van der Waals surface area contributed by atoms with Gasteiger partial charge in [0.05, 0.1) is 5.38 Å². The smallest absolute Gasteiger partial charge is 0.159 e. The van der Waals surface area contributed by atoms with E-state index in [2.05, 4.69) is 55.9 Å². The van der Waals surface area contributed by atoms with Gasteiger partial charge in [-0.2, -0.15) is 0 Å². The topological polar surface area (TPSA) is 101 Å². The van der Waals surface area contributed by atoms with Crippen molar-refractivity contribution in [2.24, 2.45) is 11.5 Å². The first-order valence-electron chi connectivity index (χ1n) is 13.4. The summed E-state index contributed by atoms with van der Waals surface area (Å²) in [6.45, 7) is 17.5. The van der Waals surface area contributed by atoms with E-state index in [1.165, 1.54) is 43.9 Å². The van der Waals surface area contributed by atoms with E-state index in [0.29, 0.717) is 17.4 Å². The number of nitrogens with one attached hydrogen (secondary N) is 1. The van der Waals surface area contributed by atoms with Crippen molar-refractivity contribution < 1.29 is 9.59 Å². The number of aryl methyl sites for hydroxylation is 2. The maximum atomic E-state index is 11.0. The number of nitrogens with zero attached hydrogens (tertiary/aromatic N) is 1. The van der Waals surface area contributed by atoms with E-state index in [-0.39, 0.29) is 11.8 Å². The van der Waals surface area contributed by atoms with E-state index < -0.39 is 5.38 Å². The van der Waals surface area contributed by atoms with Gasteiger partial charge in [-0.15, -0.1) is 11.6 Å². The number of anilines is 1. The molecule has 1 aliphatic heterocycles. The molecule has 0 aromatic heterocycles. The van der Waals surface area contributed by atoms with E-state index in [1.54, 1.807) is 24.3 Å². The van der Waals surface area contributed by atoms with Crippen LogP contribution in [0.4, 0.5) is 5.69 Å². The molecule has 3 rings (SSSR count). The number of carbonyl (C=O) groups excluding carboxylic acids is 2. The third-order valence-electron chi connectivity index (χ3n) is 6.09. The maximum absolute atomic E-state index is 11.0. The molecule has 6 nitrogen and oxygen atoms in total. The number of benzene rings is 1. The van der Waals surface area contributed by atoms with E-state index >= 15 is 0 Å². The third kappa shape index (κ3) is 13.9. The summed E-state index contributed by atoms with van der Waals surface area (Å²) < 4.78 is 0. The Morgan fingerprint density at radius 1 is 1.26 bits per heavy atom. The van der Waals surface area contributed by atoms with Crippen LogP contribution in [-0.2, 0) is 9.59 Å². The van der Waals surface area contributed by atoms with Crippen molar-refractivity contribution in [2.75, 3.05) is 25.5 Å². The molecule has 3 atom stereocenters. The van der Waals surface area contributed by atoms with Crippen LogP contribution in [0.25, 0.3) is 0 Å². The number of allylic oxidation sites excluding steroid dienone is 6. The number of likely N-dealkylation sites (tertiary alicyclic amines) is 1. The lowest BCUT2D eigenvalue weighted by Gasteiger charge is -2.17. The highest BCUT2D eigenvalue weighted by Crippen LogP contribution is 2.18. The van der Waals surface area contributed by atoms with Crippen molar-refractivity contribution in [3.63, 3.8) is 0 Å². The summed E-state index contributed by atoms with van der Waals surface area (Å²) in [5.41, 5.74) is 16.6. The molecule has 1 aliphatic carbocycles. The van der Waals surface area contributed by atoms with E-state index in [1.807, 2.05) is 20.8 Å². The van der Waals surface area contributed by atoms with Crippen LogP contribution in [0, 0.1) is 13.8 Å². The molecule has 0 bridgehead atoms. The van der Waals surface area contributed by atoms with Crippen molar-refractivity contribution in [3.8, 4) is 0 Å². The molecular formula is C31H49ClN4O2. The largest absolute Gasteiger partial charge is 0.358 e. The second-order valence-electron chi connectivity index (χ2n) is 9.35. The molecule has 212 valence electrons. The van der Waals surface area contributed by atoms with Crippen molar-refractivity contribution in [1.29, 1.82) is 0 Å². The van der Waals surface area contributed by atoms with Gasteiger partial charge in [0.2, 0.25) is 0 Å². The Morgan fingerprint density at radius 3 is 2.39 bits per heavy atom. The second-order valence-corrected chi connectivity index (χ2v) is 9.86. The van der Waals surface area contributed by atoms with Gasteiger partial charge >= 0.3 is 0 Å². The van der Waals surface area contributed by atoms with Gasteiger partial charge in [0.25, 0.3) is 0 Å². The standard InChI is InChI=1S/C12H18N2.C10H9ClO2.C7H16N2.C2H6/c1-8-5-6-12(9(2)7-8)14-11(4)10(3)13;1-7(13)9-3-2-8(6-12)4-10(11)5-9;1-9-6-2-3-7(9)4-5-8;1-2/h5-7,10,14H,4,13H2,1-3H3;2-6,10H,1H3;7H,2-6,8H2,1H3;1-2H3/t;;7-;/m..1./s1. The van der Waals surface area contributed by atoms with Crippen molar-refractivity contribution in [1.82, 2.24) is 4.90 Å². The minimum atomic E-state index is -0.394. The molecule has 0 spiro atoms. The van der Waals surface area contributed by atoms with Gasteiger partial charge in [-0.3, -0.25) is 9.59 Å². The molecule has 1 heterocycles. The lowest BCUT2D eigenvalue weighted by molar-refractivity contribution is -0.113. The number of aldehydes is 1. The van der Waals surface area contributed by atoms with Gasteiger partial charge in [0.1, 0.15) is 6.29 Å². The number of Topliss-reactive ketones (excluding diaryl/α,β-unsaturated/α-hetero) is 1. The molecule has 5 N–H and O–H groups in total. The number of nitrogens with two attached hydrogens (primary N) is 2. The second kappa shape index (κ2) is 19.5. The average Bonchev–Trinajstić information content (AvgIpc) is 3.17. The summed E-state index contributed by atoms with van der Waals surface area (Å²) in [4.78, 5) is 23.9. The summed E-state index contributed by atoms with van der Waals surface area (Å²) in [6, 6.07) is 7.02. The van der Waals surface area contributed by atoms with Crippen LogP contribution >= 0.6 is 11.6 Å². The van der Waals surface area contributed by atoms with Crippen LogP contribution in [0.2, 0.25) is 0 Å². The predicted octanol–water partition coefficient (Wildman–Crippen LogP) is 5.84. The highest BCUT2D eigenvalue weighted by Gasteiger charge is 2.18. The molecule has 38 heavy (non-hydrogen) atoms. The lowest BCUT2D eigenvalue weighted by atomic mass is 10.1. The van der Waals surface area contributed by atoms with Gasteiger partial charge in [-0.05, 0) is 78.7 Å². The van der Waals surface area contributed by atoms with Gasteiger partial charge < -0.3 is 21.7 Å². The molecule has 1 saturated heterocycles. The van der Waals surface area contributed by atoms with Crippen LogP contribution in [0.3, 0.4) is 0 Å². The Morgan fingerprint density at radius 2 is 1.92 bits per heavy atom. The first kappa shape index (κ1) is 35.5. The molecule has 0 amide bonds.